The Kier molecular flexibility index (Phi) is 5.10. The molecule has 2 aromatic rings. The number of amides is 1. The van der Waals surface area contributed by atoms with Gasteiger partial charge in [-0.2, -0.15) is 5.26 Å². The van der Waals surface area contributed by atoms with Crippen molar-refractivity contribution in [3.05, 3.63) is 34.9 Å². The minimum atomic E-state index is 0.0142. The molecule has 1 amide bonds. The maximum absolute atomic E-state index is 12.2. The number of carbonyl (C=O) groups is 1. The van der Waals surface area contributed by atoms with Crippen molar-refractivity contribution in [2.75, 3.05) is 31.1 Å². The quantitative estimate of drug-likeness (QED) is 0.826. The molecule has 6 heteroatoms. The number of anilines is 1. The van der Waals surface area contributed by atoms with Crippen LogP contribution in [0.5, 0.6) is 0 Å². The summed E-state index contributed by atoms with van der Waals surface area (Å²) in [5.41, 5.74) is 1.33. The topological polar surface area (TPSA) is 60.2 Å². The van der Waals surface area contributed by atoms with Crippen LogP contribution in [0.25, 0.3) is 10.9 Å². The molecule has 1 fully saturated rings. The number of nitriles is 1. The predicted molar refractivity (Wildman–Crippen MR) is 99.7 cm³/mol. The molecule has 0 atom stereocenters. The molecular formula is C19H21ClN4O. The molecule has 0 N–H and O–H groups in total. The minimum absolute atomic E-state index is 0.0142. The number of fused-ring (bicyclic) bond motifs is 1. The Hall–Kier alpha value is -2.32. The van der Waals surface area contributed by atoms with Gasteiger partial charge in [0.25, 0.3) is 0 Å². The van der Waals surface area contributed by atoms with E-state index in [1.807, 2.05) is 30.9 Å². The zero-order chi connectivity index (χ0) is 18.0. The lowest BCUT2D eigenvalue weighted by molar-refractivity contribution is -0.134. The largest absolute Gasteiger partial charge is 0.355 e. The summed E-state index contributed by atoms with van der Waals surface area (Å²) in [6.07, 6.45) is 0.890. The lowest BCUT2D eigenvalue weighted by Gasteiger charge is -2.24. The highest BCUT2D eigenvalue weighted by Gasteiger charge is 2.22. The maximum atomic E-state index is 12.2. The van der Waals surface area contributed by atoms with Crippen LogP contribution in [0, 0.1) is 17.2 Å². The van der Waals surface area contributed by atoms with Crippen LogP contribution >= 0.6 is 11.6 Å². The average Bonchev–Trinajstić information content (AvgIpc) is 2.86. The van der Waals surface area contributed by atoms with Gasteiger partial charge < -0.3 is 9.80 Å². The normalized spacial score (nSPS) is 15.3. The summed E-state index contributed by atoms with van der Waals surface area (Å²) in [6, 6.07) is 9.46. The molecule has 25 heavy (non-hydrogen) atoms. The number of pyridine rings is 1. The molecule has 0 aliphatic carbocycles. The SMILES string of the molecule is CC(C)C(=O)N1CCCN(c2cc(C#N)c3cc(Cl)ccc3n2)CC1. The third-order valence-corrected chi connectivity index (χ3v) is 4.74. The fourth-order valence-electron chi connectivity index (χ4n) is 3.17. The van der Waals surface area contributed by atoms with Gasteiger partial charge in [0.2, 0.25) is 5.91 Å². The van der Waals surface area contributed by atoms with Gasteiger partial charge in [0, 0.05) is 42.5 Å². The van der Waals surface area contributed by atoms with E-state index in [0.717, 1.165) is 42.8 Å². The van der Waals surface area contributed by atoms with E-state index in [4.69, 9.17) is 16.6 Å². The van der Waals surface area contributed by atoms with Gasteiger partial charge in [-0.1, -0.05) is 25.4 Å². The molecule has 5 nitrogen and oxygen atoms in total. The molecule has 0 unspecified atom stereocenters. The van der Waals surface area contributed by atoms with Crippen molar-refractivity contribution >= 4 is 34.2 Å². The summed E-state index contributed by atoms with van der Waals surface area (Å²) in [7, 11) is 0. The average molecular weight is 357 g/mol. The zero-order valence-corrected chi connectivity index (χ0v) is 15.3. The summed E-state index contributed by atoms with van der Waals surface area (Å²) in [5.74, 6) is 0.992. The zero-order valence-electron chi connectivity index (χ0n) is 14.5. The van der Waals surface area contributed by atoms with E-state index in [-0.39, 0.29) is 11.8 Å². The van der Waals surface area contributed by atoms with E-state index < -0.39 is 0 Å². The summed E-state index contributed by atoms with van der Waals surface area (Å²) in [4.78, 5) is 21.0. The van der Waals surface area contributed by atoms with Crippen molar-refractivity contribution in [2.45, 2.75) is 20.3 Å². The number of rotatable bonds is 2. The first kappa shape index (κ1) is 17.5. The summed E-state index contributed by atoms with van der Waals surface area (Å²) >= 11 is 6.04. The molecule has 2 heterocycles. The van der Waals surface area contributed by atoms with Crippen molar-refractivity contribution in [1.82, 2.24) is 9.88 Å². The van der Waals surface area contributed by atoms with Crippen LogP contribution in [0.15, 0.2) is 24.3 Å². The Morgan fingerprint density at radius 1 is 1.24 bits per heavy atom. The Morgan fingerprint density at radius 3 is 2.76 bits per heavy atom. The summed E-state index contributed by atoms with van der Waals surface area (Å²) in [6.45, 7) is 6.84. The van der Waals surface area contributed by atoms with E-state index in [2.05, 4.69) is 11.0 Å². The molecular weight excluding hydrogens is 336 g/mol. The predicted octanol–water partition coefficient (Wildman–Crippen LogP) is 3.45. The van der Waals surface area contributed by atoms with Gasteiger partial charge in [-0.3, -0.25) is 4.79 Å². The monoisotopic (exact) mass is 356 g/mol. The number of hydrogen-bond donors (Lipinski definition) is 0. The fourth-order valence-corrected chi connectivity index (χ4v) is 3.34. The lowest BCUT2D eigenvalue weighted by atomic mass is 10.1. The van der Waals surface area contributed by atoms with Crippen LogP contribution in [0.3, 0.4) is 0 Å². The highest BCUT2D eigenvalue weighted by atomic mass is 35.5. The number of aromatic nitrogens is 1. The molecule has 1 aliphatic rings. The molecule has 0 spiro atoms. The molecule has 1 saturated heterocycles. The van der Waals surface area contributed by atoms with E-state index in [0.29, 0.717) is 17.1 Å². The van der Waals surface area contributed by atoms with Gasteiger partial charge in [-0.15, -0.1) is 0 Å². The van der Waals surface area contributed by atoms with Gasteiger partial charge in [0.15, 0.2) is 0 Å². The van der Waals surface area contributed by atoms with Crippen LogP contribution in [0.2, 0.25) is 5.02 Å². The first-order valence-corrected chi connectivity index (χ1v) is 8.91. The van der Waals surface area contributed by atoms with Crippen molar-refractivity contribution in [2.24, 2.45) is 5.92 Å². The van der Waals surface area contributed by atoms with Crippen LogP contribution in [-0.2, 0) is 4.79 Å². The molecule has 130 valence electrons. The third-order valence-electron chi connectivity index (χ3n) is 4.50. The standard InChI is InChI=1S/C19H21ClN4O/c1-13(2)19(25)24-7-3-6-23(8-9-24)18-10-14(12-21)16-11-15(20)4-5-17(16)22-18/h4-5,10-11,13H,3,6-9H2,1-2H3. The number of hydrogen-bond acceptors (Lipinski definition) is 4. The van der Waals surface area contributed by atoms with Gasteiger partial charge in [0.1, 0.15) is 5.82 Å². The van der Waals surface area contributed by atoms with Crippen molar-refractivity contribution in [3.8, 4) is 6.07 Å². The summed E-state index contributed by atoms with van der Waals surface area (Å²) in [5, 5.41) is 10.9. The van der Waals surface area contributed by atoms with E-state index >= 15 is 0 Å². The maximum Gasteiger partial charge on any atom is 0.225 e. The molecule has 0 saturated carbocycles. The first-order chi connectivity index (χ1) is 12.0. The molecule has 1 aliphatic heterocycles. The van der Waals surface area contributed by atoms with Gasteiger partial charge in [-0.05, 0) is 30.7 Å². The molecule has 0 radical (unpaired) electrons. The highest BCUT2D eigenvalue weighted by Crippen LogP contribution is 2.26. The lowest BCUT2D eigenvalue weighted by Crippen LogP contribution is -2.37. The smallest absolute Gasteiger partial charge is 0.225 e. The van der Waals surface area contributed by atoms with Crippen LogP contribution in [0.1, 0.15) is 25.8 Å². The Bertz CT molecular complexity index is 843. The van der Waals surface area contributed by atoms with Crippen LogP contribution in [0.4, 0.5) is 5.82 Å². The number of carbonyl (C=O) groups excluding carboxylic acids is 1. The van der Waals surface area contributed by atoms with Gasteiger partial charge in [-0.25, -0.2) is 4.98 Å². The van der Waals surface area contributed by atoms with E-state index in [9.17, 15) is 10.1 Å². The van der Waals surface area contributed by atoms with Crippen molar-refractivity contribution in [3.63, 3.8) is 0 Å². The van der Waals surface area contributed by atoms with Gasteiger partial charge >= 0.3 is 0 Å². The molecule has 0 bridgehead atoms. The second-order valence-corrected chi connectivity index (χ2v) is 7.06. The second kappa shape index (κ2) is 7.28. The van der Waals surface area contributed by atoms with Crippen molar-refractivity contribution < 1.29 is 4.79 Å². The Balaban J connectivity index is 1.88. The number of benzene rings is 1. The van der Waals surface area contributed by atoms with E-state index in [1.165, 1.54) is 0 Å². The Morgan fingerprint density at radius 2 is 2.04 bits per heavy atom. The molecule has 3 rings (SSSR count). The van der Waals surface area contributed by atoms with Crippen LogP contribution in [-0.4, -0.2) is 42.0 Å². The van der Waals surface area contributed by atoms with Gasteiger partial charge in [0.05, 0.1) is 17.1 Å². The highest BCUT2D eigenvalue weighted by molar-refractivity contribution is 6.31. The Labute approximate surface area is 152 Å². The first-order valence-electron chi connectivity index (χ1n) is 8.53. The fraction of sp³-hybridized carbons (Fsp3) is 0.421. The summed E-state index contributed by atoms with van der Waals surface area (Å²) < 4.78 is 0. The molecule has 1 aromatic heterocycles. The molecule has 1 aromatic carbocycles. The van der Waals surface area contributed by atoms with Crippen LogP contribution < -0.4 is 4.90 Å². The minimum Gasteiger partial charge on any atom is -0.355 e. The van der Waals surface area contributed by atoms with Crippen molar-refractivity contribution in [1.29, 1.82) is 5.26 Å². The number of nitrogens with zero attached hydrogens (tertiary/aromatic N) is 4. The van der Waals surface area contributed by atoms with E-state index in [1.54, 1.807) is 12.1 Å². The second-order valence-electron chi connectivity index (χ2n) is 6.62. The number of halogens is 1. The third kappa shape index (κ3) is 3.69.